The number of ether oxygens (including phenoxy) is 1. The molecule has 25 heavy (non-hydrogen) atoms. The fourth-order valence-electron chi connectivity index (χ4n) is 3.01. The van der Waals surface area contributed by atoms with Crippen molar-refractivity contribution in [3.63, 3.8) is 0 Å². The summed E-state index contributed by atoms with van der Waals surface area (Å²) in [4.78, 5) is 0. The number of hydrogen-bond acceptors (Lipinski definition) is 3. The van der Waals surface area contributed by atoms with E-state index in [0.29, 0.717) is 0 Å². The predicted octanol–water partition coefficient (Wildman–Crippen LogP) is 4.98. The Morgan fingerprint density at radius 2 is 1.56 bits per heavy atom. The molecule has 3 heteroatoms. The number of rotatable bonds is 0. The van der Waals surface area contributed by atoms with Crippen LogP contribution in [0, 0.1) is 13.8 Å². The first-order valence-electron chi connectivity index (χ1n) is 9.54. The molecular formula is C22H36O3. The zero-order chi connectivity index (χ0) is 18.7. The van der Waals surface area contributed by atoms with Crippen LogP contribution in [0.15, 0.2) is 24.3 Å². The van der Waals surface area contributed by atoms with Gasteiger partial charge in [-0.25, -0.2) is 0 Å². The molecule has 2 rings (SSSR count). The molecule has 0 aliphatic carbocycles. The van der Waals surface area contributed by atoms with Gasteiger partial charge < -0.3 is 14.9 Å². The minimum atomic E-state index is -1.50. The number of hydrogen-bond donors (Lipinski definition) is 2. The highest BCUT2D eigenvalue weighted by atomic mass is 16.5. The van der Waals surface area contributed by atoms with E-state index in [1.807, 2.05) is 0 Å². The largest absolute Gasteiger partial charge is 0.376 e. The van der Waals surface area contributed by atoms with E-state index < -0.39 is 5.79 Å². The summed E-state index contributed by atoms with van der Waals surface area (Å²) in [5.41, 5.74) is 5.71. The Kier molecular flexibility index (Phi) is 10.0. The number of fused-ring (bicyclic) bond motifs is 1. The fourth-order valence-corrected chi connectivity index (χ4v) is 3.01. The minimum absolute atomic E-state index is 0.773. The van der Waals surface area contributed by atoms with Crippen molar-refractivity contribution in [3.8, 4) is 0 Å². The van der Waals surface area contributed by atoms with Crippen LogP contribution in [0.4, 0.5) is 0 Å². The lowest BCUT2D eigenvalue weighted by atomic mass is 9.95. The zero-order valence-electron chi connectivity index (χ0n) is 16.5. The first-order valence-corrected chi connectivity index (χ1v) is 9.54. The van der Waals surface area contributed by atoms with Crippen LogP contribution in [0.3, 0.4) is 0 Å². The van der Waals surface area contributed by atoms with Gasteiger partial charge in [-0.05, 0) is 76.5 Å². The van der Waals surface area contributed by atoms with Crippen LogP contribution in [-0.4, -0.2) is 22.6 Å². The third-order valence-electron chi connectivity index (χ3n) is 4.12. The molecule has 0 amide bonds. The highest BCUT2D eigenvalue weighted by Crippen LogP contribution is 2.21. The number of aryl methyl sites for hydroxylation is 3. The van der Waals surface area contributed by atoms with Crippen LogP contribution < -0.4 is 0 Å². The van der Waals surface area contributed by atoms with Crippen molar-refractivity contribution in [2.24, 2.45) is 0 Å². The molecule has 0 saturated heterocycles. The molecule has 0 spiro atoms. The second-order valence-electron chi connectivity index (χ2n) is 7.48. The van der Waals surface area contributed by atoms with Gasteiger partial charge in [-0.1, -0.05) is 42.7 Å². The fraction of sp³-hybridized carbons (Fsp3) is 0.636. The van der Waals surface area contributed by atoms with Gasteiger partial charge in [0.2, 0.25) is 0 Å². The summed E-state index contributed by atoms with van der Waals surface area (Å²) in [6, 6.07) is 4.64. The van der Waals surface area contributed by atoms with Crippen LogP contribution in [0.2, 0.25) is 0 Å². The molecule has 142 valence electrons. The summed E-state index contributed by atoms with van der Waals surface area (Å²) < 4.78 is 5.87. The van der Waals surface area contributed by atoms with E-state index in [2.05, 4.69) is 38.1 Å². The van der Waals surface area contributed by atoms with E-state index in [0.717, 1.165) is 19.6 Å². The molecule has 0 fully saturated rings. The Morgan fingerprint density at radius 1 is 0.920 bits per heavy atom. The molecule has 0 saturated carbocycles. The number of aliphatic hydroxyl groups is 2. The van der Waals surface area contributed by atoms with Crippen LogP contribution >= 0.6 is 0 Å². The van der Waals surface area contributed by atoms with E-state index in [-0.39, 0.29) is 0 Å². The van der Waals surface area contributed by atoms with Crippen molar-refractivity contribution in [1.82, 2.24) is 0 Å². The summed E-state index contributed by atoms with van der Waals surface area (Å²) in [5.74, 6) is -1.50. The molecule has 0 unspecified atom stereocenters. The third kappa shape index (κ3) is 11.1. The van der Waals surface area contributed by atoms with Crippen LogP contribution in [-0.2, 0) is 17.8 Å². The van der Waals surface area contributed by atoms with Gasteiger partial charge >= 0.3 is 0 Å². The number of allylic oxidation sites excluding steroid dienone is 1. The molecule has 3 nitrogen and oxygen atoms in total. The molecule has 0 aromatic heterocycles. The van der Waals surface area contributed by atoms with Gasteiger partial charge in [-0.3, -0.25) is 0 Å². The lowest BCUT2D eigenvalue weighted by molar-refractivity contribution is -0.127. The second kappa shape index (κ2) is 11.5. The maximum absolute atomic E-state index is 8.08. The Morgan fingerprint density at radius 3 is 2.28 bits per heavy atom. The van der Waals surface area contributed by atoms with Gasteiger partial charge in [0.05, 0.1) is 13.2 Å². The molecule has 1 heterocycles. The zero-order valence-corrected chi connectivity index (χ0v) is 16.5. The van der Waals surface area contributed by atoms with Crippen LogP contribution in [0.25, 0.3) is 0 Å². The second-order valence-corrected chi connectivity index (χ2v) is 7.48. The highest BCUT2D eigenvalue weighted by Gasteiger charge is 2.08. The SMILES string of the molecule is CC(C)(O)O.Cc1cc(C)c2c(c1)CCCCCC/C=C\CCOC2. The Bertz CT molecular complexity index is 521. The van der Waals surface area contributed by atoms with E-state index in [9.17, 15) is 0 Å². The van der Waals surface area contributed by atoms with Gasteiger partial charge in [-0.2, -0.15) is 0 Å². The van der Waals surface area contributed by atoms with Crippen LogP contribution in [0.5, 0.6) is 0 Å². The van der Waals surface area contributed by atoms with Gasteiger partial charge in [0.15, 0.2) is 5.79 Å². The lowest BCUT2D eigenvalue weighted by Crippen LogP contribution is -2.15. The lowest BCUT2D eigenvalue weighted by Gasteiger charge is -2.15. The first-order chi connectivity index (χ1) is 11.8. The Labute approximate surface area is 153 Å². The summed E-state index contributed by atoms with van der Waals surface area (Å²) in [6.07, 6.45) is 13.4. The highest BCUT2D eigenvalue weighted by molar-refractivity contribution is 5.38. The maximum Gasteiger partial charge on any atom is 0.156 e. The third-order valence-corrected chi connectivity index (χ3v) is 4.12. The van der Waals surface area contributed by atoms with E-state index in [1.165, 1.54) is 74.6 Å². The van der Waals surface area contributed by atoms with Gasteiger partial charge in [-0.15, -0.1) is 0 Å². The van der Waals surface area contributed by atoms with Gasteiger partial charge in [0.25, 0.3) is 0 Å². The average molecular weight is 349 g/mol. The summed E-state index contributed by atoms with van der Waals surface area (Å²) in [6.45, 7) is 8.63. The van der Waals surface area contributed by atoms with E-state index in [4.69, 9.17) is 14.9 Å². The van der Waals surface area contributed by atoms with Gasteiger partial charge in [0, 0.05) is 0 Å². The van der Waals surface area contributed by atoms with E-state index in [1.54, 1.807) is 0 Å². The average Bonchev–Trinajstić information content (AvgIpc) is 2.48. The van der Waals surface area contributed by atoms with Crippen molar-refractivity contribution < 1.29 is 14.9 Å². The van der Waals surface area contributed by atoms with Gasteiger partial charge in [0.1, 0.15) is 0 Å². The molecule has 1 aromatic carbocycles. The standard InChI is InChI=1S/C19H28O.C3H8O2/c1-16-13-17(2)19-15-20-12-10-8-6-4-3-5-7-9-11-18(19)14-16;1-3(2,4)5/h6,8,13-14H,3-5,7,9-12,15H2,1-2H3;4-5H,1-2H3/b8-6-;. The van der Waals surface area contributed by atoms with Crippen molar-refractivity contribution >= 4 is 0 Å². The van der Waals surface area contributed by atoms with Crippen molar-refractivity contribution in [3.05, 3.63) is 46.5 Å². The molecule has 0 radical (unpaired) electrons. The van der Waals surface area contributed by atoms with Crippen molar-refractivity contribution in [2.75, 3.05) is 6.61 Å². The normalized spacial score (nSPS) is 18.3. The summed E-state index contributed by atoms with van der Waals surface area (Å²) in [5, 5.41) is 16.2. The Balaban J connectivity index is 0.000000550. The maximum atomic E-state index is 8.08. The molecule has 0 atom stereocenters. The monoisotopic (exact) mass is 348 g/mol. The number of benzene rings is 1. The minimum Gasteiger partial charge on any atom is -0.376 e. The topological polar surface area (TPSA) is 49.7 Å². The molecule has 1 aliphatic heterocycles. The van der Waals surface area contributed by atoms with Crippen LogP contribution in [0.1, 0.15) is 74.6 Å². The molecule has 0 bridgehead atoms. The van der Waals surface area contributed by atoms with Crippen molar-refractivity contribution in [1.29, 1.82) is 0 Å². The van der Waals surface area contributed by atoms with E-state index >= 15 is 0 Å². The summed E-state index contributed by atoms with van der Waals surface area (Å²) >= 11 is 0. The van der Waals surface area contributed by atoms with Crippen molar-refractivity contribution in [2.45, 2.75) is 85.0 Å². The molecular weight excluding hydrogens is 312 g/mol. The first kappa shape index (κ1) is 21.9. The Hall–Kier alpha value is -1.16. The smallest absolute Gasteiger partial charge is 0.156 e. The predicted molar refractivity (Wildman–Crippen MR) is 105 cm³/mol. The summed E-state index contributed by atoms with van der Waals surface area (Å²) in [7, 11) is 0. The molecule has 1 aliphatic rings. The molecule has 2 N–H and O–H groups in total. The molecule has 1 aromatic rings. The quantitative estimate of drug-likeness (QED) is 0.513.